The normalized spacial score (nSPS) is 22.3. The second kappa shape index (κ2) is 7.29. The number of aliphatic hydroxyl groups is 1. The summed E-state index contributed by atoms with van der Waals surface area (Å²) in [7, 11) is 0. The first-order chi connectivity index (χ1) is 9.67. The number of hydrogen-bond acceptors (Lipinski definition) is 2. The van der Waals surface area contributed by atoms with Crippen LogP contribution in [0, 0.1) is 12.8 Å². The van der Waals surface area contributed by atoms with Crippen molar-refractivity contribution in [2.75, 3.05) is 6.61 Å². The van der Waals surface area contributed by atoms with Crippen molar-refractivity contribution in [3.8, 4) is 0 Å². The fraction of sp³-hybridized carbons (Fsp3) is 0.562. The smallest absolute Gasteiger partial charge is 0.315 e. The third-order valence-electron chi connectivity index (χ3n) is 3.98. The van der Waals surface area contributed by atoms with E-state index in [2.05, 4.69) is 16.7 Å². The highest BCUT2D eigenvalue weighted by Crippen LogP contribution is 2.23. The Bertz CT molecular complexity index is 440. The molecule has 2 amide bonds. The third-order valence-corrected chi connectivity index (χ3v) is 3.98. The van der Waals surface area contributed by atoms with Gasteiger partial charge in [-0.1, -0.05) is 29.8 Å². The van der Waals surface area contributed by atoms with Gasteiger partial charge in [-0.25, -0.2) is 4.79 Å². The number of benzene rings is 1. The van der Waals surface area contributed by atoms with Crippen LogP contribution in [-0.4, -0.2) is 23.8 Å². The zero-order valence-electron chi connectivity index (χ0n) is 12.1. The van der Waals surface area contributed by atoms with Crippen molar-refractivity contribution in [1.29, 1.82) is 0 Å². The minimum Gasteiger partial charge on any atom is -0.396 e. The Morgan fingerprint density at radius 1 is 1.30 bits per heavy atom. The summed E-state index contributed by atoms with van der Waals surface area (Å²) in [6, 6.07) is 8.28. The highest BCUT2D eigenvalue weighted by Gasteiger charge is 2.21. The highest BCUT2D eigenvalue weighted by molar-refractivity contribution is 5.74. The maximum atomic E-state index is 11.8. The molecule has 0 bridgehead atoms. The number of carbonyl (C=O) groups excluding carboxylic acids is 1. The fourth-order valence-electron chi connectivity index (χ4n) is 2.73. The van der Waals surface area contributed by atoms with E-state index >= 15 is 0 Å². The molecule has 0 aromatic heterocycles. The molecule has 1 fully saturated rings. The number of aliphatic hydroxyl groups excluding tert-OH is 1. The van der Waals surface area contributed by atoms with Crippen LogP contribution in [0.4, 0.5) is 4.79 Å². The fourth-order valence-corrected chi connectivity index (χ4v) is 2.73. The number of aryl methyl sites for hydroxylation is 1. The molecule has 110 valence electrons. The Morgan fingerprint density at radius 2 is 2.05 bits per heavy atom. The standard InChI is InChI=1S/C16H24N2O2/c1-12-3-2-4-14(9-12)10-17-16(20)18-15-7-5-13(11-19)6-8-15/h2-4,9,13,15,19H,5-8,10-11H2,1H3,(H2,17,18,20). The lowest BCUT2D eigenvalue weighted by Crippen LogP contribution is -2.43. The van der Waals surface area contributed by atoms with Crippen molar-refractivity contribution in [3.05, 3.63) is 35.4 Å². The quantitative estimate of drug-likeness (QED) is 0.790. The largest absolute Gasteiger partial charge is 0.396 e. The van der Waals surface area contributed by atoms with Crippen LogP contribution in [-0.2, 0) is 6.54 Å². The number of urea groups is 1. The summed E-state index contributed by atoms with van der Waals surface area (Å²) >= 11 is 0. The second-order valence-electron chi connectivity index (χ2n) is 5.72. The van der Waals surface area contributed by atoms with E-state index in [9.17, 15) is 4.79 Å². The lowest BCUT2D eigenvalue weighted by Gasteiger charge is -2.27. The van der Waals surface area contributed by atoms with Crippen LogP contribution in [0.3, 0.4) is 0 Å². The first-order valence-electron chi connectivity index (χ1n) is 7.38. The molecule has 0 spiro atoms. The van der Waals surface area contributed by atoms with Crippen LogP contribution < -0.4 is 10.6 Å². The van der Waals surface area contributed by atoms with Crippen LogP contribution >= 0.6 is 0 Å². The second-order valence-corrected chi connectivity index (χ2v) is 5.72. The van der Waals surface area contributed by atoms with Gasteiger partial charge in [0.2, 0.25) is 0 Å². The van der Waals surface area contributed by atoms with E-state index in [-0.39, 0.29) is 18.7 Å². The van der Waals surface area contributed by atoms with Gasteiger partial charge in [-0.3, -0.25) is 0 Å². The molecule has 20 heavy (non-hydrogen) atoms. The molecule has 0 aliphatic heterocycles. The number of amides is 2. The van der Waals surface area contributed by atoms with Gasteiger partial charge in [-0.05, 0) is 44.1 Å². The van der Waals surface area contributed by atoms with Crippen LogP contribution in [0.1, 0.15) is 36.8 Å². The molecule has 1 aromatic rings. The van der Waals surface area contributed by atoms with Gasteiger partial charge in [0.1, 0.15) is 0 Å². The van der Waals surface area contributed by atoms with Gasteiger partial charge in [-0.2, -0.15) is 0 Å². The van der Waals surface area contributed by atoms with Crippen LogP contribution in [0.15, 0.2) is 24.3 Å². The average molecular weight is 276 g/mol. The van der Waals surface area contributed by atoms with Crippen LogP contribution in [0.5, 0.6) is 0 Å². The maximum Gasteiger partial charge on any atom is 0.315 e. The van der Waals surface area contributed by atoms with E-state index in [4.69, 9.17) is 5.11 Å². The molecule has 0 saturated heterocycles. The van der Waals surface area contributed by atoms with Crippen molar-refractivity contribution in [2.45, 2.75) is 45.2 Å². The number of nitrogens with one attached hydrogen (secondary N) is 2. The molecule has 0 unspecified atom stereocenters. The molecular weight excluding hydrogens is 252 g/mol. The highest BCUT2D eigenvalue weighted by atomic mass is 16.3. The molecule has 0 radical (unpaired) electrons. The molecule has 1 aliphatic rings. The summed E-state index contributed by atoms with van der Waals surface area (Å²) in [5.74, 6) is 0.420. The van der Waals surface area contributed by atoms with E-state index in [1.54, 1.807) is 0 Å². The average Bonchev–Trinajstić information content (AvgIpc) is 2.46. The topological polar surface area (TPSA) is 61.4 Å². The Labute approximate surface area is 120 Å². The number of hydrogen-bond donors (Lipinski definition) is 3. The summed E-state index contributed by atoms with van der Waals surface area (Å²) in [5, 5.41) is 15.0. The number of carbonyl (C=O) groups is 1. The molecule has 1 saturated carbocycles. The molecule has 1 aliphatic carbocycles. The zero-order valence-corrected chi connectivity index (χ0v) is 12.1. The van der Waals surface area contributed by atoms with Gasteiger partial charge < -0.3 is 15.7 Å². The molecule has 0 atom stereocenters. The SMILES string of the molecule is Cc1cccc(CNC(=O)NC2CCC(CO)CC2)c1. The molecule has 1 aromatic carbocycles. The van der Waals surface area contributed by atoms with Crippen molar-refractivity contribution in [1.82, 2.24) is 10.6 Å². The van der Waals surface area contributed by atoms with E-state index in [1.807, 2.05) is 25.1 Å². The summed E-state index contributed by atoms with van der Waals surface area (Å²) in [5.41, 5.74) is 2.32. The van der Waals surface area contributed by atoms with Gasteiger partial charge >= 0.3 is 6.03 Å². The third kappa shape index (κ3) is 4.53. The molecular formula is C16H24N2O2. The summed E-state index contributed by atoms with van der Waals surface area (Å²) in [4.78, 5) is 11.8. The number of rotatable bonds is 4. The monoisotopic (exact) mass is 276 g/mol. The summed E-state index contributed by atoms with van der Waals surface area (Å²) in [6.45, 7) is 2.87. The predicted molar refractivity (Wildman–Crippen MR) is 79.4 cm³/mol. The molecule has 2 rings (SSSR count). The van der Waals surface area contributed by atoms with Crippen molar-refractivity contribution in [2.24, 2.45) is 5.92 Å². The van der Waals surface area contributed by atoms with Crippen molar-refractivity contribution < 1.29 is 9.90 Å². The van der Waals surface area contributed by atoms with E-state index < -0.39 is 0 Å². The Morgan fingerprint density at radius 3 is 2.70 bits per heavy atom. The van der Waals surface area contributed by atoms with E-state index in [1.165, 1.54) is 5.56 Å². The van der Waals surface area contributed by atoms with Crippen molar-refractivity contribution >= 4 is 6.03 Å². The van der Waals surface area contributed by atoms with E-state index in [0.717, 1.165) is 31.2 Å². The molecule has 0 heterocycles. The maximum absolute atomic E-state index is 11.8. The van der Waals surface area contributed by atoms with Crippen molar-refractivity contribution in [3.63, 3.8) is 0 Å². The van der Waals surface area contributed by atoms with E-state index in [0.29, 0.717) is 12.5 Å². The van der Waals surface area contributed by atoms with Gasteiger partial charge in [0.25, 0.3) is 0 Å². The lowest BCUT2D eigenvalue weighted by molar-refractivity contribution is 0.174. The summed E-state index contributed by atoms with van der Waals surface area (Å²) < 4.78 is 0. The Kier molecular flexibility index (Phi) is 5.41. The van der Waals surface area contributed by atoms with Gasteiger partial charge in [0.05, 0.1) is 0 Å². The lowest BCUT2D eigenvalue weighted by atomic mass is 9.87. The minimum atomic E-state index is -0.0982. The summed E-state index contributed by atoms with van der Waals surface area (Å²) in [6.07, 6.45) is 3.92. The van der Waals surface area contributed by atoms with Gasteiger partial charge in [0.15, 0.2) is 0 Å². The Balaban J connectivity index is 1.71. The molecule has 4 heteroatoms. The van der Waals surface area contributed by atoms with Gasteiger partial charge in [0, 0.05) is 19.2 Å². The first kappa shape index (κ1) is 14.9. The Hall–Kier alpha value is -1.55. The molecule has 4 nitrogen and oxygen atoms in total. The van der Waals surface area contributed by atoms with Crippen LogP contribution in [0.2, 0.25) is 0 Å². The van der Waals surface area contributed by atoms with Crippen LogP contribution in [0.25, 0.3) is 0 Å². The van der Waals surface area contributed by atoms with Gasteiger partial charge in [-0.15, -0.1) is 0 Å². The first-order valence-corrected chi connectivity index (χ1v) is 7.38. The molecule has 3 N–H and O–H groups in total. The minimum absolute atomic E-state index is 0.0982. The predicted octanol–water partition coefficient (Wildman–Crippen LogP) is 2.35. The zero-order chi connectivity index (χ0) is 14.4.